The van der Waals surface area contributed by atoms with Gasteiger partial charge in [-0.1, -0.05) is 35.9 Å². The number of thioether (sulfide) groups is 1. The first kappa shape index (κ1) is 20.1. The zero-order chi connectivity index (χ0) is 19.2. The molecule has 1 amide bonds. The van der Waals surface area contributed by atoms with E-state index >= 15 is 0 Å². The summed E-state index contributed by atoms with van der Waals surface area (Å²) < 4.78 is 0. The highest BCUT2D eigenvalue weighted by molar-refractivity contribution is 7.98. The first-order valence-corrected chi connectivity index (χ1v) is 10.9. The first-order chi connectivity index (χ1) is 13.1. The second-order valence-corrected chi connectivity index (χ2v) is 8.25. The van der Waals surface area contributed by atoms with E-state index in [1.807, 2.05) is 30.1 Å². The molecule has 2 aromatic carbocycles. The Labute approximate surface area is 171 Å². The molecular weight excluding hydrogens is 378 g/mol. The van der Waals surface area contributed by atoms with Crippen molar-refractivity contribution in [2.45, 2.75) is 11.4 Å². The average Bonchev–Trinajstić information content (AvgIpc) is 2.69. The van der Waals surface area contributed by atoms with Gasteiger partial charge in [0.2, 0.25) is 0 Å². The number of rotatable bonds is 6. The summed E-state index contributed by atoms with van der Waals surface area (Å²) in [6, 6.07) is 16.4. The number of anilines is 1. The minimum Gasteiger partial charge on any atom is -0.359 e. The quantitative estimate of drug-likeness (QED) is 0.749. The van der Waals surface area contributed by atoms with Crippen LogP contribution in [0.15, 0.2) is 53.4 Å². The number of likely N-dealkylation sites (N-methyl/N-ethyl adjacent to an activating group) is 1. The molecule has 2 aromatic rings. The van der Waals surface area contributed by atoms with Gasteiger partial charge < -0.3 is 14.7 Å². The molecule has 1 aliphatic heterocycles. The summed E-state index contributed by atoms with van der Waals surface area (Å²) in [5.74, 6) is 0.199. The first-order valence-electron chi connectivity index (χ1n) is 9.27. The van der Waals surface area contributed by atoms with Crippen molar-refractivity contribution in [2.24, 2.45) is 0 Å². The number of amides is 1. The lowest BCUT2D eigenvalue weighted by molar-refractivity contribution is -0.892. The van der Waals surface area contributed by atoms with Gasteiger partial charge in [-0.25, -0.2) is 0 Å². The Morgan fingerprint density at radius 1 is 1.15 bits per heavy atom. The van der Waals surface area contributed by atoms with Crippen molar-refractivity contribution in [3.05, 3.63) is 59.1 Å². The number of para-hydroxylation sites is 1. The highest BCUT2D eigenvalue weighted by Crippen LogP contribution is 2.24. The summed E-state index contributed by atoms with van der Waals surface area (Å²) in [4.78, 5) is 19.3. The fourth-order valence-corrected chi connectivity index (χ4v) is 4.05. The van der Waals surface area contributed by atoms with Crippen LogP contribution >= 0.6 is 23.4 Å². The predicted molar refractivity (Wildman–Crippen MR) is 114 cm³/mol. The molecule has 0 radical (unpaired) electrons. The molecule has 0 aromatic heterocycles. The van der Waals surface area contributed by atoms with Crippen LogP contribution in [0.3, 0.4) is 0 Å². The number of hydrogen-bond acceptors (Lipinski definition) is 3. The molecule has 0 spiro atoms. The van der Waals surface area contributed by atoms with Crippen LogP contribution in [0.4, 0.5) is 5.69 Å². The summed E-state index contributed by atoms with van der Waals surface area (Å²) in [7, 11) is 1.89. The van der Waals surface area contributed by atoms with E-state index in [1.165, 1.54) is 15.4 Å². The zero-order valence-electron chi connectivity index (χ0n) is 16.0. The molecule has 1 N–H and O–H groups in total. The predicted octanol–water partition coefficient (Wildman–Crippen LogP) is 2.43. The van der Waals surface area contributed by atoms with E-state index in [9.17, 15) is 4.79 Å². The Morgan fingerprint density at radius 3 is 2.44 bits per heavy atom. The van der Waals surface area contributed by atoms with Crippen LogP contribution in [0.1, 0.15) is 5.56 Å². The summed E-state index contributed by atoms with van der Waals surface area (Å²) in [5.41, 5.74) is 2.26. The van der Waals surface area contributed by atoms with Gasteiger partial charge in [0.1, 0.15) is 0 Å². The van der Waals surface area contributed by atoms with Crippen molar-refractivity contribution in [1.82, 2.24) is 4.90 Å². The molecule has 4 nitrogen and oxygen atoms in total. The standard InChI is InChI=1S/C21H26ClN3OS/c1-23(15-17-7-9-18(27-2)10-8-17)21(26)16-24-11-13-25(14-12-24)20-6-4-3-5-19(20)22/h3-10H,11-16H2,1-2H3/p+1. The van der Waals surface area contributed by atoms with Gasteiger partial charge in [-0.05, 0) is 36.1 Å². The fourth-order valence-electron chi connectivity index (χ4n) is 3.39. The lowest BCUT2D eigenvalue weighted by atomic mass is 10.2. The molecule has 0 unspecified atom stereocenters. The van der Waals surface area contributed by atoms with Crippen LogP contribution in [0.5, 0.6) is 0 Å². The van der Waals surface area contributed by atoms with Crippen molar-refractivity contribution in [1.29, 1.82) is 0 Å². The minimum absolute atomic E-state index is 0.199. The number of benzene rings is 2. The molecule has 1 fully saturated rings. The van der Waals surface area contributed by atoms with E-state index in [2.05, 4.69) is 41.5 Å². The second-order valence-electron chi connectivity index (χ2n) is 6.96. The maximum atomic E-state index is 12.6. The van der Waals surface area contributed by atoms with Gasteiger partial charge in [-0.15, -0.1) is 11.8 Å². The number of nitrogens with zero attached hydrogens (tertiary/aromatic N) is 2. The molecule has 0 saturated carbocycles. The van der Waals surface area contributed by atoms with Crippen LogP contribution in [-0.2, 0) is 11.3 Å². The number of piperazine rings is 1. The van der Waals surface area contributed by atoms with Crippen molar-refractivity contribution in [3.8, 4) is 0 Å². The smallest absolute Gasteiger partial charge is 0.277 e. The normalized spacial score (nSPS) is 15.0. The summed E-state index contributed by atoms with van der Waals surface area (Å²) in [6.45, 7) is 4.96. The van der Waals surface area contributed by atoms with Gasteiger partial charge >= 0.3 is 0 Å². The third-order valence-electron chi connectivity index (χ3n) is 5.07. The van der Waals surface area contributed by atoms with Crippen LogP contribution < -0.4 is 9.80 Å². The second kappa shape index (κ2) is 9.49. The van der Waals surface area contributed by atoms with Gasteiger partial charge in [-0.2, -0.15) is 0 Å². The number of hydrogen-bond donors (Lipinski definition) is 1. The Hall–Kier alpha value is -1.69. The van der Waals surface area contributed by atoms with Gasteiger partial charge in [0.15, 0.2) is 6.54 Å². The zero-order valence-corrected chi connectivity index (χ0v) is 17.5. The Bertz CT molecular complexity index is 760. The molecule has 1 aliphatic rings. The summed E-state index contributed by atoms with van der Waals surface area (Å²) in [6.07, 6.45) is 2.07. The van der Waals surface area contributed by atoms with Crippen molar-refractivity contribution < 1.29 is 9.69 Å². The largest absolute Gasteiger partial charge is 0.359 e. The number of nitrogens with one attached hydrogen (secondary N) is 1. The summed E-state index contributed by atoms with van der Waals surface area (Å²) >= 11 is 8.03. The topological polar surface area (TPSA) is 28.0 Å². The van der Waals surface area contributed by atoms with Crippen LogP contribution in [0, 0.1) is 0 Å². The third-order valence-corrected chi connectivity index (χ3v) is 6.13. The lowest BCUT2D eigenvalue weighted by Gasteiger charge is -2.34. The molecule has 1 saturated heterocycles. The number of carbonyl (C=O) groups is 1. The molecule has 0 bridgehead atoms. The highest BCUT2D eigenvalue weighted by atomic mass is 35.5. The monoisotopic (exact) mass is 404 g/mol. The molecular formula is C21H27ClN3OS+. The van der Waals surface area contributed by atoms with Crippen molar-refractivity contribution >= 4 is 35.0 Å². The number of carbonyl (C=O) groups excluding carboxylic acids is 1. The van der Waals surface area contributed by atoms with E-state index < -0.39 is 0 Å². The number of quaternary nitrogens is 1. The van der Waals surface area contributed by atoms with Crippen LogP contribution in [0.2, 0.25) is 5.02 Å². The van der Waals surface area contributed by atoms with Crippen LogP contribution in [0.25, 0.3) is 0 Å². The van der Waals surface area contributed by atoms with Crippen LogP contribution in [-0.4, -0.2) is 56.8 Å². The molecule has 3 rings (SSSR count). The Morgan fingerprint density at radius 2 is 1.81 bits per heavy atom. The van der Waals surface area contributed by atoms with Gasteiger partial charge in [-0.3, -0.25) is 4.79 Å². The third kappa shape index (κ3) is 5.41. The van der Waals surface area contributed by atoms with E-state index in [4.69, 9.17) is 11.6 Å². The molecule has 1 heterocycles. The molecule has 27 heavy (non-hydrogen) atoms. The van der Waals surface area contributed by atoms with E-state index in [-0.39, 0.29) is 5.91 Å². The minimum atomic E-state index is 0.199. The Kier molecular flexibility index (Phi) is 7.05. The SMILES string of the molecule is CSc1ccc(CN(C)C(=O)C[NH+]2CCN(c3ccccc3Cl)CC2)cc1. The van der Waals surface area contributed by atoms with E-state index in [0.29, 0.717) is 13.1 Å². The van der Waals surface area contributed by atoms with Gasteiger partial charge in [0, 0.05) is 18.5 Å². The summed E-state index contributed by atoms with van der Waals surface area (Å²) in [5, 5.41) is 0.796. The van der Waals surface area contributed by atoms with Crippen molar-refractivity contribution in [2.75, 3.05) is 50.9 Å². The fraction of sp³-hybridized carbons (Fsp3) is 0.381. The maximum absolute atomic E-state index is 12.6. The van der Waals surface area contributed by atoms with Gasteiger partial charge in [0.25, 0.3) is 5.91 Å². The average molecular weight is 405 g/mol. The Balaban J connectivity index is 1.47. The van der Waals surface area contributed by atoms with E-state index in [0.717, 1.165) is 36.9 Å². The number of halogens is 1. The maximum Gasteiger partial charge on any atom is 0.277 e. The molecule has 0 aliphatic carbocycles. The highest BCUT2D eigenvalue weighted by Gasteiger charge is 2.24. The molecule has 6 heteroatoms. The van der Waals surface area contributed by atoms with Crippen molar-refractivity contribution in [3.63, 3.8) is 0 Å². The molecule has 0 atom stereocenters. The van der Waals surface area contributed by atoms with Gasteiger partial charge in [0.05, 0.1) is 36.9 Å². The van der Waals surface area contributed by atoms with E-state index in [1.54, 1.807) is 11.8 Å². The lowest BCUT2D eigenvalue weighted by Crippen LogP contribution is -3.15. The molecule has 144 valence electrons.